The van der Waals surface area contributed by atoms with Gasteiger partial charge in [0.25, 0.3) is 0 Å². The summed E-state index contributed by atoms with van der Waals surface area (Å²) in [7, 11) is 0. The molecule has 0 aromatic heterocycles. The van der Waals surface area contributed by atoms with Crippen LogP contribution >= 0.6 is 0 Å². The summed E-state index contributed by atoms with van der Waals surface area (Å²) in [6, 6.07) is 23.1. The number of carbonyl (C=O) groups excluding carboxylic acids is 2. The molecule has 3 rings (SSSR count). The molecule has 6 nitrogen and oxygen atoms in total. The Labute approximate surface area is 181 Å². The van der Waals surface area contributed by atoms with Crippen LogP contribution in [0.5, 0.6) is 17.2 Å². The van der Waals surface area contributed by atoms with Crippen molar-refractivity contribution in [2.75, 3.05) is 19.8 Å². The lowest BCUT2D eigenvalue weighted by Crippen LogP contribution is -2.20. The van der Waals surface area contributed by atoms with Gasteiger partial charge >= 0.3 is 11.9 Å². The number of benzene rings is 3. The van der Waals surface area contributed by atoms with Crippen LogP contribution in [0.4, 0.5) is 0 Å². The van der Waals surface area contributed by atoms with E-state index >= 15 is 0 Å². The topological polar surface area (TPSA) is 71.1 Å². The molecular weight excluding hydrogens is 396 g/mol. The van der Waals surface area contributed by atoms with E-state index in [-0.39, 0.29) is 31.1 Å². The molecular formula is C25H24O6. The fraction of sp³-hybridized carbons (Fsp3) is 0.200. The van der Waals surface area contributed by atoms with Gasteiger partial charge in [-0.15, -0.1) is 0 Å². The first-order chi connectivity index (χ1) is 15.2. The summed E-state index contributed by atoms with van der Waals surface area (Å²) < 4.78 is 21.5. The molecule has 0 spiro atoms. The van der Waals surface area contributed by atoms with Gasteiger partial charge in [-0.2, -0.15) is 0 Å². The highest BCUT2D eigenvalue weighted by Crippen LogP contribution is 2.20. The normalized spacial score (nSPS) is 10.2. The molecule has 31 heavy (non-hydrogen) atoms. The molecule has 0 fully saturated rings. The molecule has 0 radical (unpaired) electrons. The molecule has 0 aliphatic carbocycles. The summed E-state index contributed by atoms with van der Waals surface area (Å²) in [5.41, 5.74) is 1.33. The van der Waals surface area contributed by atoms with Crippen LogP contribution < -0.4 is 14.2 Å². The molecule has 0 aliphatic rings. The van der Waals surface area contributed by atoms with Gasteiger partial charge in [0, 0.05) is 0 Å². The highest BCUT2D eigenvalue weighted by Gasteiger charge is 2.16. The Morgan fingerprint density at radius 2 is 1.42 bits per heavy atom. The third-order valence-corrected chi connectivity index (χ3v) is 4.35. The predicted octanol–water partition coefficient (Wildman–Crippen LogP) is 4.47. The van der Waals surface area contributed by atoms with Crippen LogP contribution in [0.3, 0.4) is 0 Å². The highest BCUT2D eigenvalue weighted by atomic mass is 16.6. The quantitative estimate of drug-likeness (QED) is 0.274. The van der Waals surface area contributed by atoms with Crippen molar-refractivity contribution in [1.82, 2.24) is 0 Å². The Hall–Kier alpha value is -3.80. The van der Waals surface area contributed by atoms with Crippen LogP contribution in [0.2, 0.25) is 0 Å². The third-order valence-electron chi connectivity index (χ3n) is 4.35. The van der Waals surface area contributed by atoms with Crippen molar-refractivity contribution < 1.29 is 28.5 Å². The zero-order valence-corrected chi connectivity index (χ0v) is 17.3. The molecule has 3 aromatic rings. The second kappa shape index (κ2) is 11.4. The molecule has 0 saturated carbocycles. The third kappa shape index (κ3) is 6.89. The molecule has 0 amide bonds. The number of rotatable bonds is 10. The lowest BCUT2D eigenvalue weighted by Gasteiger charge is -2.11. The first-order valence-electron chi connectivity index (χ1n) is 10.0. The Bertz CT molecular complexity index is 982. The molecule has 3 aromatic carbocycles. The molecule has 0 bridgehead atoms. The van der Waals surface area contributed by atoms with E-state index in [1.165, 1.54) is 17.7 Å². The van der Waals surface area contributed by atoms with E-state index in [9.17, 15) is 9.59 Å². The Balaban J connectivity index is 1.49. The van der Waals surface area contributed by atoms with E-state index in [2.05, 4.69) is 6.92 Å². The van der Waals surface area contributed by atoms with E-state index < -0.39 is 11.9 Å². The minimum atomic E-state index is -0.618. The largest absolute Gasteiger partial charge is 0.490 e. The number of para-hydroxylation sites is 2. The monoisotopic (exact) mass is 420 g/mol. The predicted molar refractivity (Wildman–Crippen MR) is 116 cm³/mol. The average Bonchev–Trinajstić information content (AvgIpc) is 2.82. The zero-order valence-electron chi connectivity index (χ0n) is 17.3. The number of esters is 2. The fourth-order valence-electron chi connectivity index (χ4n) is 2.73. The van der Waals surface area contributed by atoms with E-state index in [0.29, 0.717) is 11.5 Å². The SMILES string of the molecule is CCc1ccc(OCC(=O)Oc2ccccc2C(=O)OCCOc2ccccc2)cc1. The molecule has 6 heteroatoms. The van der Waals surface area contributed by atoms with E-state index in [4.69, 9.17) is 18.9 Å². The van der Waals surface area contributed by atoms with E-state index in [1.54, 1.807) is 24.3 Å². The van der Waals surface area contributed by atoms with Gasteiger partial charge < -0.3 is 18.9 Å². The lowest BCUT2D eigenvalue weighted by molar-refractivity contribution is -0.136. The summed E-state index contributed by atoms with van der Waals surface area (Å²) in [5.74, 6) is 0.159. The Kier molecular flexibility index (Phi) is 8.05. The maximum Gasteiger partial charge on any atom is 0.349 e. The number of aryl methyl sites for hydroxylation is 1. The van der Waals surface area contributed by atoms with Crippen LogP contribution in [0.15, 0.2) is 78.9 Å². The van der Waals surface area contributed by atoms with Gasteiger partial charge in [-0.05, 0) is 48.4 Å². The molecule has 0 atom stereocenters. The molecule has 160 valence electrons. The first-order valence-corrected chi connectivity index (χ1v) is 10.0. The van der Waals surface area contributed by atoms with Crippen LogP contribution in [0, 0.1) is 0 Å². The van der Waals surface area contributed by atoms with Crippen molar-refractivity contribution in [3.63, 3.8) is 0 Å². The molecule has 0 saturated heterocycles. The van der Waals surface area contributed by atoms with Crippen molar-refractivity contribution in [2.45, 2.75) is 13.3 Å². The summed E-state index contributed by atoms with van der Waals surface area (Å²) in [6.07, 6.45) is 0.924. The van der Waals surface area contributed by atoms with Gasteiger partial charge in [-0.25, -0.2) is 9.59 Å². The van der Waals surface area contributed by atoms with Gasteiger partial charge in [-0.3, -0.25) is 0 Å². The van der Waals surface area contributed by atoms with Gasteiger partial charge in [0.1, 0.15) is 36.0 Å². The minimum absolute atomic E-state index is 0.0624. The van der Waals surface area contributed by atoms with E-state index in [1.807, 2.05) is 42.5 Å². The zero-order chi connectivity index (χ0) is 21.9. The standard InChI is InChI=1S/C25H24O6/c1-2-19-12-14-21(15-13-19)30-18-24(26)31-23-11-7-6-10-22(23)25(27)29-17-16-28-20-8-4-3-5-9-20/h3-15H,2,16-18H2,1H3. The second-order valence-electron chi connectivity index (χ2n) is 6.55. The Morgan fingerprint density at radius 1 is 0.742 bits per heavy atom. The minimum Gasteiger partial charge on any atom is -0.490 e. The summed E-state index contributed by atoms with van der Waals surface area (Å²) in [6.45, 7) is 2.06. The average molecular weight is 420 g/mol. The fourth-order valence-corrected chi connectivity index (χ4v) is 2.73. The molecule has 0 unspecified atom stereocenters. The summed E-state index contributed by atoms with van der Waals surface area (Å²) >= 11 is 0. The summed E-state index contributed by atoms with van der Waals surface area (Å²) in [5, 5.41) is 0. The van der Waals surface area contributed by atoms with Crippen LogP contribution in [-0.4, -0.2) is 31.8 Å². The molecule has 0 heterocycles. The van der Waals surface area contributed by atoms with Gasteiger partial charge in [0.05, 0.1) is 0 Å². The first kappa shape index (κ1) is 21.9. The smallest absolute Gasteiger partial charge is 0.349 e. The lowest BCUT2D eigenvalue weighted by atomic mass is 10.2. The second-order valence-corrected chi connectivity index (χ2v) is 6.55. The Morgan fingerprint density at radius 3 is 2.16 bits per heavy atom. The molecule has 0 aliphatic heterocycles. The van der Waals surface area contributed by atoms with Crippen molar-refractivity contribution in [3.05, 3.63) is 90.0 Å². The van der Waals surface area contributed by atoms with Crippen LogP contribution in [0.1, 0.15) is 22.8 Å². The van der Waals surface area contributed by atoms with Gasteiger partial charge in [0.2, 0.25) is 0 Å². The van der Waals surface area contributed by atoms with E-state index in [0.717, 1.165) is 6.42 Å². The highest BCUT2D eigenvalue weighted by molar-refractivity contribution is 5.93. The number of carbonyl (C=O) groups is 2. The van der Waals surface area contributed by atoms with Crippen molar-refractivity contribution in [3.8, 4) is 17.2 Å². The van der Waals surface area contributed by atoms with Crippen LogP contribution in [-0.2, 0) is 16.0 Å². The van der Waals surface area contributed by atoms with Gasteiger partial charge in [-0.1, -0.05) is 49.4 Å². The number of hydrogen-bond acceptors (Lipinski definition) is 6. The van der Waals surface area contributed by atoms with Crippen LogP contribution in [0.25, 0.3) is 0 Å². The summed E-state index contributed by atoms with van der Waals surface area (Å²) in [4.78, 5) is 24.6. The maximum atomic E-state index is 12.4. The molecule has 0 N–H and O–H groups in total. The van der Waals surface area contributed by atoms with Crippen molar-refractivity contribution in [2.24, 2.45) is 0 Å². The van der Waals surface area contributed by atoms with Crippen molar-refractivity contribution in [1.29, 1.82) is 0 Å². The van der Waals surface area contributed by atoms with Gasteiger partial charge in [0.15, 0.2) is 6.61 Å². The number of hydrogen-bond donors (Lipinski definition) is 0. The maximum absolute atomic E-state index is 12.4. The number of ether oxygens (including phenoxy) is 4. The van der Waals surface area contributed by atoms with Crippen molar-refractivity contribution >= 4 is 11.9 Å².